The summed E-state index contributed by atoms with van der Waals surface area (Å²) < 4.78 is 10.1. The van der Waals surface area contributed by atoms with Crippen LogP contribution in [0.3, 0.4) is 0 Å². The van der Waals surface area contributed by atoms with Crippen LogP contribution in [0.5, 0.6) is 5.75 Å². The Labute approximate surface area is 109 Å². The van der Waals surface area contributed by atoms with Crippen LogP contribution in [0, 0.1) is 3.83 Å². The van der Waals surface area contributed by atoms with Crippen molar-refractivity contribution in [2.75, 3.05) is 0 Å². The monoisotopic (exact) mass is 378 g/mol. The molecule has 5 heteroatoms. The van der Waals surface area contributed by atoms with Crippen LogP contribution in [-0.4, -0.2) is 15.7 Å². The Kier molecular flexibility index (Phi) is 2.21. The van der Waals surface area contributed by atoms with Crippen molar-refractivity contribution in [3.63, 3.8) is 0 Å². The molecule has 0 bridgehead atoms. The van der Waals surface area contributed by atoms with Gasteiger partial charge in [0, 0.05) is 4.47 Å². The first-order valence-corrected chi connectivity index (χ1v) is 6.54. The zero-order valence-corrected chi connectivity index (χ0v) is 11.7. The fraction of sp³-hybridized carbons (Fsp3) is 0.300. The Morgan fingerprint density at radius 3 is 3.20 bits per heavy atom. The van der Waals surface area contributed by atoms with Crippen LogP contribution >= 0.6 is 38.5 Å². The molecule has 3 rings (SSSR count). The van der Waals surface area contributed by atoms with Crippen LogP contribution in [0.2, 0.25) is 0 Å². The minimum atomic E-state index is 0.206. The van der Waals surface area contributed by atoms with E-state index in [0.29, 0.717) is 0 Å². The lowest BCUT2D eigenvalue weighted by atomic mass is 10.2. The van der Waals surface area contributed by atoms with Crippen LogP contribution in [0.15, 0.2) is 16.6 Å². The molecule has 15 heavy (non-hydrogen) atoms. The molecule has 3 nitrogen and oxygen atoms in total. The van der Waals surface area contributed by atoms with Gasteiger partial charge in [0.2, 0.25) is 0 Å². The maximum Gasteiger partial charge on any atom is 0.172 e. The molecule has 1 aliphatic rings. The van der Waals surface area contributed by atoms with Crippen molar-refractivity contribution in [2.24, 2.45) is 0 Å². The molecular formula is C10H8BrIN2O. The molecule has 0 unspecified atom stereocenters. The molecule has 2 heterocycles. The first-order valence-electron chi connectivity index (χ1n) is 4.67. The Bertz CT molecular complexity index is 552. The van der Waals surface area contributed by atoms with Crippen molar-refractivity contribution < 1.29 is 4.74 Å². The van der Waals surface area contributed by atoms with E-state index in [1.165, 1.54) is 0 Å². The second kappa shape index (κ2) is 3.35. The number of hydrogen-bond donors (Lipinski definition) is 0. The molecule has 0 N–H and O–H groups in total. The van der Waals surface area contributed by atoms with Gasteiger partial charge in [-0.3, -0.25) is 0 Å². The van der Waals surface area contributed by atoms with E-state index >= 15 is 0 Å². The first-order chi connectivity index (χ1) is 7.15. The standard InChI is InChI=1S/C10H8BrIN2O/c1-5-4-14-9-7(13-10(14)12)2-6(11)3-8(9)15-5/h2-3,5H,4H2,1H3/t5-/m1/s1. The number of benzene rings is 1. The van der Waals surface area contributed by atoms with Crippen LogP contribution in [0.25, 0.3) is 11.0 Å². The summed E-state index contributed by atoms with van der Waals surface area (Å²) in [5.74, 6) is 0.925. The SMILES string of the molecule is C[C@@H]1Cn2c(I)nc3cc(Br)cc(c32)O1. The molecule has 0 saturated carbocycles. The van der Waals surface area contributed by atoms with Gasteiger partial charge in [-0.15, -0.1) is 0 Å². The molecule has 0 aliphatic carbocycles. The zero-order chi connectivity index (χ0) is 10.6. The van der Waals surface area contributed by atoms with Gasteiger partial charge in [-0.25, -0.2) is 4.98 Å². The van der Waals surface area contributed by atoms with Crippen molar-refractivity contribution in [1.29, 1.82) is 0 Å². The molecule has 0 radical (unpaired) electrons. The Morgan fingerprint density at radius 1 is 1.60 bits per heavy atom. The minimum Gasteiger partial charge on any atom is -0.487 e. The van der Waals surface area contributed by atoms with Crippen molar-refractivity contribution in [3.8, 4) is 5.75 Å². The Balaban J connectivity index is 2.41. The summed E-state index contributed by atoms with van der Waals surface area (Å²) in [5, 5.41) is 0. The summed E-state index contributed by atoms with van der Waals surface area (Å²) in [5.41, 5.74) is 2.11. The third kappa shape index (κ3) is 1.47. The lowest BCUT2D eigenvalue weighted by Gasteiger charge is -2.23. The van der Waals surface area contributed by atoms with Crippen molar-refractivity contribution >= 4 is 49.6 Å². The van der Waals surface area contributed by atoms with Crippen LogP contribution in [0.4, 0.5) is 0 Å². The maximum atomic E-state index is 5.80. The largest absolute Gasteiger partial charge is 0.487 e. The van der Waals surface area contributed by atoms with Gasteiger partial charge in [0.25, 0.3) is 0 Å². The van der Waals surface area contributed by atoms with Crippen LogP contribution in [0.1, 0.15) is 6.92 Å². The van der Waals surface area contributed by atoms with Crippen LogP contribution < -0.4 is 4.74 Å². The van der Waals surface area contributed by atoms with E-state index in [0.717, 1.165) is 31.6 Å². The fourth-order valence-electron chi connectivity index (χ4n) is 1.94. The molecule has 1 aromatic heterocycles. The number of ether oxygens (including phenoxy) is 1. The van der Waals surface area contributed by atoms with Crippen LogP contribution in [-0.2, 0) is 6.54 Å². The molecule has 0 amide bonds. The second-order valence-electron chi connectivity index (χ2n) is 3.69. The number of imidazole rings is 1. The van der Waals surface area contributed by atoms with Gasteiger partial charge >= 0.3 is 0 Å². The fourth-order valence-corrected chi connectivity index (χ4v) is 3.06. The maximum absolute atomic E-state index is 5.80. The number of nitrogens with zero attached hydrogens (tertiary/aromatic N) is 2. The molecule has 78 valence electrons. The summed E-state index contributed by atoms with van der Waals surface area (Å²) in [6.45, 7) is 2.95. The lowest BCUT2D eigenvalue weighted by Crippen LogP contribution is -2.24. The normalized spacial score (nSPS) is 19.3. The highest BCUT2D eigenvalue weighted by atomic mass is 127. The predicted molar refractivity (Wildman–Crippen MR) is 70.2 cm³/mol. The van der Waals surface area contributed by atoms with E-state index in [1.54, 1.807) is 0 Å². The molecular weight excluding hydrogens is 371 g/mol. The molecule has 1 atom stereocenters. The molecule has 0 fully saturated rings. The highest BCUT2D eigenvalue weighted by Crippen LogP contribution is 2.34. The van der Waals surface area contributed by atoms with E-state index in [2.05, 4.69) is 55.0 Å². The molecule has 1 aromatic carbocycles. The quantitative estimate of drug-likeness (QED) is 0.658. The third-order valence-electron chi connectivity index (χ3n) is 2.49. The number of halogens is 2. The molecule has 0 spiro atoms. The van der Waals surface area contributed by atoms with Gasteiger partial charge < -0.3 is 9.30 Å². The Morgan fingerprint density at radius 2 is 2.40 bits per heavy atom. The average Bonchev–Trinajstić information content (AvgIpc) is 2.43. The summed E-state index contributed by atoms with van der Waals surface area (Å²) >= 11 is 5.74. The van der Waals surface area contributed by atoms with Crippen molar-refractivity contribution in [2.45, 2.75) is 19.6 Å². The summed E-state index contributed by atoms with van der Waals surface area (Å²) in [4.78, 5) is 4.52. The zero-order valence-electron chi connectivity index (χ0n) is 8.00. The van der Waals surface area contributed by atoms with Gasteiger partial charge in [0.15, 0.2) is 3.83 Å². The van der Waals surface area contributed by atoms with Gasteiger partial charge in [0.1, 0.15) is 17.4 Å². The first kappa shape index (κ1) is 9.89. The molecule has 0 saturated heterocycles. The topological polar surface area (TPSA) is 27.1 Å². The summed E-state index contributed by atoms with van der Waals surface area (Å²) in [7, 11) is 0. The number of hydrogen-bond acceptors (Lipinski definition) is 2. The van der Waals surface area contributed by atoms with Gasteiger partial charge in [-0.1, -0.05) is 15.9 Å². The van der Waals surface area contributed by atoms with Crippen molar-refractivity contribution in [1.82, 2.24) is 9.55 Å². The van der Waals surface area contributed by atoms with Gasteiger partial charge in [-0.05, 0) is 41.6 Å². The highest BCUT2D eigenvalue weighted by molar-refractivity contribution is 14.1. The van der Waals surface area contributed by atoms with E-state index < -0.39 is 0 Å². The third-order valence-corrected chi connectivity index (χ3v) is 3.77. The van der Waals surface area contributed by atoms with Crippen molar-refractivity contribution in [3.05, 3.63) is 20.4 Å². The summed E-state index contributed by atoms with van der Waals surface area (Å²) in [6, 6.07) is 4.03. The average molecular weight is 379 g/mol. The Hall–Kier alpha value is -0.300. The molecule has 1 aliphatic heterocycles. The second-order valence-corrected chi connectivity index (χ2v) is 5.57. The lowest BCUT2D eigenvalue weighted by molar-refractivity contribution is 0.188. The van der Waals surface area contributed by atoms with Gasteiger partial charge in [-0.2, -0.15) is 0 Å². The van der Waals surface area contributed by atoms with E-state index in [-0.39, 0.29) is 6.10 Å². The highest BCUT2D eigenvalue weighted by Gasteiger charge is 2.22. The predicted octanol–water partition coefficient (Wildman–Crippen LogP) is 3.18. The number of aromatic nitrogens is 2. The minimum absolute atomic E-state index is 0.206. The summed E-state index contributed by atoms with van der Waals surface area (Å²) in [6.07, 6.45) is 0.206. The molecule has 2 aromatic rings. The van der Waals surface area contributed by atoms with E-state index in [1.807, 2.05) is 12.1 Å². The smallest absolute Gasteiger partial charge is 0.172 e. The van der Waals surface area contributed by atoms with E-state index in [4.69, 9.17) is 4.74 Å². The van der Waals surface area contributed by atoms with Gasteiger partial charge in [0.05, 0.1) is 12.1 Å². The van der Waals surface area contributed by atoms with E-state index in [9.17, 15) is 0 Å². The number of rotatable bonds is 0.